The molecule has 4 aromatic rings. The lowest BCUT2D eigenvalue weighted by Gasteiger charge is -2.25. The van der Waals surface area contributed by atoms with Gasteiger partial charge < -0.3 is 10.5 Å². The number of benzene rings is 2. The van der Waals surface area contributed by atoms with Crippen molar-refractivity contribution in [2.45, 2.75) is 51.4 Å². The zero-order valence-corrected chi connectivity index (χ0v) is 20.7. The number of ether oxygens (including phenoxy) is 1. The van der Waals surface area contributed by atoms with E-state index in [0.29, 0.717) is 57.9 Å². The molecule has 188 valence electrons. The summed E-state index contributed by atoms with van der Waals surface area (Å²) in [5.41, 5.74) is 6.86. The van der Waals surface area contributed by atoms with E-state index >= 15 is 0 Å². The minimum Gasteiger partial charge on any atom is -0.437 e. The molecule has 0 aliphatic carbocycles. The molecule has 3 heterocycles. The topological polar surface area (TPSA) is 77.2 Å². The summed E-state index contributed by atoms with van der Waals surface area (Å²) in [6, 6.07) is 13.1. The summed E-state index contributed by atoms with van der Waals surface area (Å²) in [5, 5.41) is 0.434. The summed E-state index contributed by atoms with van der Waals surface area (Å²) in [6.07, 6.45) is -1.50. The standard InChI is InChI=1S/C26H26F3N5OS/c1-15-6-7-16(2)34(15)13-12-22-31-19(17-8-10-18(11-9-17)26(27,28)29)14-23(32-22)35-20-4-3-5-21-24(20)33-25(30)36-21/h3-5,8-11,14-16H,6-7,12-13H2,1-2H3,(H2,30,33). The maximum atomic E-state index is 13.1. The Morgan fingerprint density at radius 3 is 2.44 bits per heavy atom. The van der Waals surface area contributed by atoms with Gasteiger partial charge in [0, 0.05) is 36.7 Å². The van der Waals surface area contributed by atoms with Crippen LogP contribution in [-0.2, 0) is 12.6 Å². The molecule has 6 nitrogen and oxygen atoms in total. The molecule has 5 rings (SSSR count). The summed E-state index contributed by atoms with van der Waals surface area (Å²) in [6.45, 7) is 5.23. The van der Waals surface area contributed by atoms with Gasteiger partial charge in [0.1, 0.15) is 11.3 Å². The average Bonchev–Trinajstić information content (AvgIpc) is 3.38. The van der Waals surface area contributed by atoms with Crippen LogP contribution < -0.4 is 10.5 Å². The van der Waals surface area contributed by atoms with Gasteiger partial charge in [0.05, 0.1) is 16.0 Å². The number of nitrogens with zero attached hydrogens (tertiary/aromatic N) is 4. The summed E-state index contributed by atoms with van der Waals surface area (Å²) < 4.78 is 46.2. The highest BCUT2D eigenvalue weighted by Crippen LogP contribution is 2.35. The van der Waals surface area contributed by atoms with Crippen molar-refractivity contribution < 1.29 is 17.9 Å². The summed E-state index contributed by atoms with van der Waals surface area (Å²) >= 11 is 1.36. The summed E-state index contributed by atoms with van der Waals surface area (Å²) in [7, 11) is 0. The maximum Gasteiger partial charge on any atom is 0.416 e. The van der Waals surface area contributed by atoms with Gasteiger partial charge in [-0.25, -0.2) is 9.97 Å². The molecule has 36 heavy (non-hydrogen) atoms. The minimum absolute atomic E-state index is 0.302. The third-order valence-corrected chi connectivity index (χ3v) is 7.45. The van der Waals surface area contributed by atoms with Gasteiger partial charge in [-0.1, -0.05) is 29.5 Å². The Labute approximate surface area is 211 Å². The number of fused-ring (bicyclic) bond motifs is 1. The number of para-hydroxylation sites is 1. The Bertz CT molecular complexity index is 1360. The monoisotopic (exact) mass is 513 g/mol. The van der Waals surface area contributed by atoms with Crippen LogP contribution in [0, 0.1) is 0 Å². The Kier molecular flexibility index (Phi) is 6.57. The predicted molar refractivity (Wildman–Crippen MR) is 135 cm³/mol. The fourth-order valence-corrected chi connectivity index (χ4v) is 5.42. The van der Waals surface area contributed by atoms with Crippen LogP contribution in [0.15, 0.2) is 48.5 Å². The Hall–Kier alpha value is -3.24. The number of thiazole rings is 1. The molecule has 1 fully saturated rings. The Morgan fingerprint density at radius 1 is 1.03 bits per heavy atom. The van der Waals surface area contributed by atoms with E-state index in [4.69, 9.17) is 10.5 Å². The van der Waals surface area contributed by atoms with Gasteiger partial charge in [-0.3, -0.25) is 4.90 Å². The molecule has 0 saturated carbocycles. The third kappa shape index (κ3) is 5.15. The molecule has 2 aromatic carbocycles. The predicted octanol–water partition coefficient (Wildman–Crippen LogP) is 6.56. The van der Waals surface area contributed by atoms with Gasteiger partial charge in [0.15, 0.2) is 10.9 Å². The van der Waals surface area contributed by atoms with Gasteiger partial charge in [-0.2, -0.15) is 18.2 Å². The number of nitrogen functional groups attached to an aromatic ring is 1. The van der Waals surface area contributed by atoms with E-state index in [2.05, 4.69) is 33.7 Å². The Balaban J connectivity index is 1.49. The highest BCUT2D eigenvalue weighted by atomic mass is 32.1. The van der Waals surface area contributed by atoms with Crippen molar-refractivity contribution in [3.05, 3.63) is 59.9 Å². The SMILES string of the molecule is CC1CCC(C)N1CCc1nc(Oc2cccc3sc(N)nc23)cc(-c2ccc(C(F)(F)F)cc2)n1. The molecule has 1 saturated heterocycles. The first-order valence-electron chi connectivity index (χ1n) is 11.8. The number of alkyl halides is 3. The largest absolute Gasteiger partial charge is 0.437 e. The normalized spacial score (nSPS) is 18.7. The first kappa shape index (κ1) is 24.5. The molecule has 0 bridgehead atoms. The first-order valence-corrected chi connectivity index (χ1v) is 12.6. The van der Waals surface area contributed by atoms with Crippen LogP contribution in [0.3, 0.4) is 0 Å². The van der Waals surface area contributed by atoms with E-state index in [9.17, 15) is 13.2 Å². The van der Waals surface area contributed by atoms with Crippen molar-refractivity contribution in [1.29, 1.82) is 0 Å². The van der Waals surface area contributed by atoms with Crippen LogP contribution in [-0.4, -0.2) is 38.5 Å². The summed E-state index contributed by atoms with van der Waals surface area (Å²) in [5.74, 6) is 1.38. The fourth-order valence-electron chi connectivity index (χ4n) is 4.67. The second-order valence-electron chi connectivity index (χ2n) is 9.10. The van der Waals surface area contributed by atoms with Crippen LogP contribution in [0.4, 0.5) is 18.3 Å². The van der Waals surface area contributed by atoms with Crippen LogP contribution in [0.25, 0.3) is 21.5 Å². The molecule has 1 aliphatic rings. The van der Waals surface area contributed by atoms with Gasteiger partial charge in [0.2, 0.25) is 5.88 Å². The molecule has 2 N–H and O–H groups in total. The number of hydrogen-bond acceptors (Lipinski definition) is 7. The highest BCUT2D eigenvalue weighted by molar-refractivity contribution is 7.22. The van der Waals surface area contributed by atoms with Crippen LogP contribution >= 0.6 is 11.3 Å². The van der Waals surface area contributed by atoms with Gasteiger partial charge in [-0.15, -0.1) is 0 Å². The third-order valence-electron chi connectivity index (χ3n) is 6.60. The van der Waals surface area contributed by atoms with E-state index in [0.717, 1.165) is 36.2 Å². The summed E-state index contributed by atoms with van der Waals surface area (Å²) in [4.78, 5) is 16.1. The molecule has 2 unspecified atom stereocenters. The number of rotatable bonds is 6. The van der Waals surface area contributed by atoms with E-state index < -0.39 is 11.7 Å². The van der Waals surface area contributed by atoms with Gasteiger partial charge in [-0.05, 0) is 51.0 Å². The number of halogens is 3. The number of anilines is 1. The number of hydrogen-bond donors (Lipinski definition) is 1. The molecule has 1 aliphatic heterocycles. The smallest absolute Gasteiger partial charge is 0.416 e. The van der Waals surface area contributed by atoms with Crippen molar-refractivity contribution >= 4 is 26.7 Å². The molecular weight excluding hydrogens is 487 g/mol. The van der Waals surface area contributed by atoms with Crippen molar-refractivity contribution in [2.75, 3.05) is 12.3 Å². The molecule has 0 spiro atoms. The molecule has 0 radical (unpaired) electrons. The van der Waals surface area contributed by atoms with E-state index in [1.54, 1.807) is 12.1 Å². The maximum absolute atomic E-state index is 13.1. The lowest BCUT2D eigenvalue weighted by Crippen LogP contribution is -2.34. The minimum atomic E-state index is -4.40. The van der Waals surface area contributed by atoms with Gasteiger partial charge in [0.25, 0.3) is 0 Å². The van der Waals surface area contributed by atoms with Crippen LogP contribution in [0.5, 0.6) is 11.6 Å². The van der Waals surface area contributed by atoms with Crippen LogP contribution in [0.1, 0.15) is 38.1 Å². The van der Waals surface area contributed by atoms with Crippen molar-refractivity contribution in [3.8, 4) is 22.9 Å². The van der Waals surface area contributed by atoms with Crippen LogP contribution in [0.2, 0.25) is 0 Å². The molecule has 2 atom stereocenters. The number of likely N-dealkylation sites (tertiary alicyclic amines) is 1. The van der Waals surface area contributed by atoms with Crippen molar-refractivity contribution in [3.63, 3.8) is 0 Å². The van der Waals surface area contributed by atoms with E-state index in [1.807, 2.05) is 12.1 Å². The first-order chi connectivity index (χ1) is 17.2. The molecule has 2 aromatic heterocycles. The average molecular weight is 514 g/mol. The lowest BCUT2D eigenvalue weighted by molar-refractivity contribution is -0.137. The second kappa shape index (κ2) is 9.67. The lowest BCUT2D eigenvalue weighted by atomic mass is 10.1. The molecular formula is C26H26F3N5OS. The zero-order chi connectivity index (χ0) is 25.4. The zero-order valence-electron chi connectivity index (χ0n) is 19.9. The highest BCUT2D eigenvalue weighted by Gasteiger charge is 2.30. The fraction of sp³-hybridized carbons (Fsp3) is 0.346. The van der Waals surface area contributed by atoms with E-state index in [1.165, 1.54) is 23.5 Å². The number of aromatic nitrogens is 3. The number of nitrogens with two attached hydrogens (primary N) is 1. The van der Waals surface area contributed by atoms with Gasteiger partial charge >= 0.3 is 6.18 Å². The van der Waals surface area contributed by atoms with Crippen molar-refractivity contribution in [1.82, 2.24) is 19.9 Å². The Morgan fingerprint density at radius 2 is 1.75 bits per heavy atom. The second-order valence-corrected chi connectivity index (χ2v) is 10.2. The van der Waals surface area contributed by atoms with E-state index in [-0.39, 0.29) is 0 Å². The molecule has 10 heteroatoms. The van der Waals surface area contributed by atoms with Crippen molar-refractivity contribution in [2.24, 2.45) is 0 Å². The quantitative estimate of drug-likeness (QED) is 0.315. The molecule has 0 amide bonds.